The van der Waals surface area contributed by atoms with Crippen LogP contribution in [0.1, 0.15) is 40.7 Å². The molecule has 1 amide bonds. The number of aliphatic hydroxyl groups is 3. The molecule has 0 aliphatic heterocycles. The molecule has 0 saturated heterocycles. The molecule has 0 spiro atoms. The van der Waals surface area contributed by atoms with Gasteiger partial charge in [0.1, 0.15) is 11.5 Å². The molecule has 43 heavy (non-hydrogen) atoms. The van der Waals surface area contributed by atoms with Crippen LogP contribution in [0.3, 0.4) is 0 Å². The Labute approximate surface area is 251 Å². The summed E-state index contributed by atoms with van der Waals surface area (Å²) >= 11 is 0. The van der Waals surface area contributed by atoms with Gasteiger partial charge < -0.3 is 41.3 Å². The van der Waals surface area contributed by atoms with Crippen molar-refractivity contribution in [2.24, 2.45) is 17.6 Å². The number of nitrogens with two attached hydrogens (primary N) is 1. The van der Waals surface area contributed by atoms with E-state index in [1.165, 1.54) is 0 Å². The first kappa shape index (κ1) is 32.2. The predicted octanol–water partition coefficient (Wildman–Crippen LogP) is 1.18. The molecular formula is C32H42N4O7. The highest BCUT2D eigenvalue weighted by Crippen LogP contribution is 2.51. The second-order valence-corrected chi connectivity index (χ2v) is 12.1. The fraction of sp³-hybridized carbons (Fsp3) is 0.469. The Morgan fingerprint density at radius 3 is 2.42 bits per heavy atom. The van der Waals surface area contributed by atoms with Crippen molar-refractivity contribution in [2.45, 2.75) is 50.9 Å². The van der Waals surface area contributed by atoms with Crippen molar-refractivity contribution in [1.82, 2.24) is 10.2 Å². The highest BCUT2D eigenvalue weighted by atomic mass is 16.3. The lowest BCUT2D eigenvalue weighted by atomic mass is 9.59. The Morgan fingerprint density at radius 2 is 1.84 bits per heavy atom. The lowest BCUT2D eigenvalue weighted by Crippen LogP contribution is -2.64. The number of aryl methyl sites for hydroxylation is 1. The zero-order valence-electron chi connectivity index (χ0n) is 25.3. The van der Waals surface area contributed by atoms with Crippen molar-refractivity contribution in [3.8, 4) is 5.75 Å². The summed E-state index contributed by atoms with van der Waals surface area (Å²) in [5, 5.41) is 48.4. The van der Waals surface area contributed by atoms with Gasteiger partial charge in [-0.25, -0.2) is 0 Å². The molecular weight excluding hydrogens is 552 g/mol. The van der Waals surface area contributed by atoms with Crippen LogP contribution in [0, 0.1) is 18.8 Å². The second kappa shape index (κ2) is 12.5. The quantitative estimate of drug-likeness (QED) is 0.207. The van der Waals surface area contributed by atoms with E-state index in [1.54, 1.807) is 19.0 Å². The van der Waals surface area contributed by atoms with E-state index in [4.69, 9.17) is 5.73 Å². The van der Waals surface area contributed by atoms with E-state index in [0.717, 1.165) is 16.8 Å². The molecule has 1 fully saturated rings. The number of fused-ring (bicyclic) bond motifs is 2. The van der Waals surface area contributed by atoms with Crippen LogP contribution in [0.25, 0.3) is 5.76 Å². The van der Waals surface area contributed by atoms with E-state index in [2.05, 4.69) is 11.4 Å². The third-order valence-corrected chi connectivity index (χ3v) is 8.76. The van der Waals surface area contributed by atoms with E-state index in [0.29, 0.717) is 17.7 Å². The van der Waals surface area contributed by atoms with Crippen molar-refractivity contribution < 1.29 is 34.8 Å². The lowest BCUT2D eigenvalue weighted by Gasteiger charge is -2.47. The standard InChI is InChI=1S/C32H42N4O7/c1-17-7-6-8-18(9-17)14-34-15-20-12-23(35(2)3)21-10-19-11-22(24(16-37)36(4)5)32(43,25(38)13-26(33)39)31(42)27(19)30(41)28(21)29(20)40/h6-9,12,19,22,24,34,37,40-41,43H,10-11,13-16H2,1-5H3,(H2,33,39)/t19?,22-,24+,32+/m0/s1. The van der Waals surface area contributed by atoms with Gasteiger partial charge >= 0.3 is 0 Å². The summed E-state index contributed by atoms with van der Waals surface area (Å²) in [5.41, 5.74) is 6.51. The normalized spacial score (nSPS) is 22.3. The maximum Gasteiger partial charge on any atom is 0.225 e. The number of ketones is 2. The average Bonchev–Trinajstić information content (AvgIpc) is 2.92. The molecule has 2 aromatic rings. The molecule has 1 unspecified atom stereocenters. The molecule has 11 nitrogen and oxygen atoms in total. The fourth-order valence-corrected chi connectivity index (χ4v) is 6.64. The van der Waals surface area contributed by atoms with Gasteiger partial charge in [0.15, 0.2) is 11.4 Å². The number of nitrogens with one attached hydrogen (secondary N) is 1. The first-order valence-corrected chi connectivity index (χ1v) is 14.3. The molecule has 7 N–H and O–H groups in total. The van der Waals surface area contributed by atoms with Crippen LogP contribution < -0.4 is 16.0 Å². The summed E-state index contributed by atoms with van der Waals surface area (Å²) in [6.45, 7) is 2.34. The fourth-order valence-electron chi connectivity index (χ4n) is 6.64. The second-order valence-electron chi connectivity index (χ2n) is 12.1. The maximum atomic E-state index is 14.1. The van der Waals surface area contributed by atoms with Crippen molar-refractivity contribution >= 4 is 28.9 Å². The van der Waals surface area contributed by atoms with E-state index in [-0.39, 0.29) is 36.3 Å². The van der Waals surface area contributed by atoms with Gasteiger partial charge in [-0.2, -0.15) is 0 Å². The number of benzene rings is 2. The van der Waals surface area contributed by atoms with Crippen LogP contribution in [-0.2, 0) is 33.9 Å². The van der Waals surface area contributed by atoms with Gasteiger partial charge in [-0.05, 0) is 57.0 Å². The Balaban J connectivity index is 1.81. The Bertz CT molecular complexity index is 1470. The number of amides is 1. The lowest BCUT2D eigenvalue weighted by molar-refractivity contribution is -0.163. The number of phenols is 1. The Kier molecular flexibility index (Phi) is 9.31. The molecule has 0 radical (unpaired) electrons. The van der Waals surface area contributed by atoms with Crippen molar-refractivity contribution in [1.29, 1.82) is 0 Å². The third-order valence-electron chi connectivity index (χ3n) is 8.76. The number of carbonyl (C=O) groups is 3. The SMILES string of the molecule is Cc1cccc(CNCc2cc(N(C)C)c3c(c2O)C(O)=C2C(=O)[C@](O)(C(=O)CC(N)=O)[C@H]([C@@H](CO)N(C)C)CC2C3)c1. The molecule has 0 heterocycles. The molecule has 0 bridgehead atoms. The average molecular weight is 595 g/mol. The van der Waals surface area contributed by atoms with Crippen molar-refractivity contribution in [3.05, 3.63) is 63.7 Å². The molecule has 0 aromatic heterocycles. The molecule has 2 aliphatic carbocycles. The van der Waals surface area contributed by atoms with Gasteiger partial charge in [-0.1, -0.05) is 29.8 Å². The number of hydrogen-bond acceptors (Lipinski definition) is 10. The van der Waals surface area contributed by atoms with Gasteiger partial charge in [-0.15, -0.1) is 0 Å². The highest BCUT2D eigenvalue weighted by molar-refractivity contribution is 6.23. The van der Waals surface area contributed by atoms with Gasteiger partial charge in [0.2, 0.25) is 11.7 Å². The van der Waals surface area contributed by atoms with Crippen LogP contribution in [0.5, 0.6) is 5.75 Å². The number of primary amides is 1. The molecule has 4 atom stereocenters. The summed E-state index contributed by atoms with van der Waals surface area (Å²) in [7, 11) is 6.99. The zero-order valence-corrected chi connectivity index (χ0v) is 25.3. The number of carbonyl (C=O) groups excluding carboxylic acids is 3. The maximum absolute atomic E-state index is 14.1. The smallest absolute Gasteiger partial charge is 0.225 e. The number of rotatable bonds is 11. The number of Topliss-reactive ketones (excluding diaryl/α,β-unsaturated/α-hetero) is 2. The van der Waals surface area contributed by atoms with E-state index < -0.39 is 59.7 Å². The van der Waals surface area contributed by atoms with Crippen molar-refractivity contribution in [2.75, 3.05) is 39.7 Å². The van der Waals surface area contributed by atoms with E-state index >= 15 is 0 Å². The first-order chi connectivity index (χ1) is 20.2. The predicted molar refractivity (Wildman–Crippen MR) is 162 cm³/mol. The summed E-state index contributed by atoms with van der Waals surface area (Å²) in [5.74, 6) is -5.57. The monoisotopic (exact) mass is 594 g/mol. The van der Waals surface area contributed by atoms with Gasteiger partial charge in [-0.3, -0.25) is 14.4 Å². The van der Waals surface area contributed by atoms with Crippen molar-refractivity contribution in [3.63, 3.8) is 0 Å². The van der Waals surface area contributed by atoms with Crippen LogP contribution in [0.15, 0.2) is 35.9 Å². The molecule has 232 valence electrons. The van der Waals surface area contributed by atoms with Crippen LogP contribution >= 0.6 is 0 Å². The topological polar surface area (TPSA) is 177 Å². The number of nitrogens with zero attached hydrogens (tertiary/aromatic N) is 2. The number of phenolic OH excluding ortho intramolecular Hbond substituents is 1. The molecule has 4 rings (SSSR count). The largest absolute Gasteiger partial charge is 0.507 e. The summed E-state index contributed by atoms with van der Waals surface area (Å²) in [6.07, 6.45) is -0.588. The summed E-state index contributed by atoms with van der Waals surface area (Å²) in [4.78, 5) is 42.6. The third kappa shape index (κ3) is 5.90. The van der Waals surface area contributed by atoms with E-state index in [9.17, 15) is 34.8 Å². The minimum Gasteiger partial charge on any atom is -0.507 e. The first-order valence-electron chi connectivity index (χ1n) is 14.3. The number of likely N-dealkylation sites (N-methyl/N-ethyl adjacent to an activating group) is 1. The van der Waals surface area contributed by atoms with Gasteiger partial charge in [0.25, 0.3) is 0 Å². The summed E-state index contributed by atoms with van der Waals surface area (Å²) in [6, 6.07) is 9.07. The van der Waals surface area contributed by atoms with Crippen LogP contribution in [0.4, 0.5) is 5.69 Å². The van der Waals surface area contributed by atoms with Crippen LogP contribution in [0.2, 0.25) is 0 Å². The number of anilines is 1. The molecule has 2 aromatic carbocycles. The number of aliphatic hydroxyl groups excluding tert-OH is 2. The van der Waals surface area contributed by atoms with Gasteiger partial charge in [0, 0.05) is 56.0 Å². The van der Waals surface area contributed by atoms with Gasteiger partial charge in [0.05, 0.1) is 18.6 Å². The highest BCUT2D eigenvalue weighted by Gasteiger charge is 2.60. The molecule has 2 aliphatic rings. The minimum atomic E-state index is -2.71. The minimum absolute atomic E-state index is 0.0579. The zero-order chi connectivity index (χ0) is 31.8. The Hall–Kier alpha value is -3.77. The number of aromatic hydroxyl groups is 1. The number of hydrogen-bond donors (Lipinski definition) is 6. The van der Waals surface area contributed by atoms with Crippen LogP contribution in [-0.4, -0.2) is 89.2 Å². The van der Waals surface area contributed by atoms with E-state index in [1.807, 2.05) is 50.2 Å². The summed E-state index contributed by atoms with van der Waals surface area (Å²) < 4.78 is 0. The molecule has 11 heteroatoms. The Morgan fingerprint density at radius 1 is 1.14 bits per heavy atom. The molecule has 1 saturated carbocycles.